The average molecular weight is 241 g/mol. The lowest BCUT2D eigenvalue weighted by Gasteiger charge is -2.08. The maximum atomic E-state index is 4.51. The predicted molar refractivity (Wildman–Crippen MR) is 75.8 cm³/mol. The first-order valence-corrected chi connectivity index (χ1v) is 6.23. The summed E-state index contributed by atoms with van der Waals surface area (Å²) in [6, 6.07) is 8.45. The van der Waals surface area contributed by atoms with Crippen LogP contribution in [-0.4, -0.2) is 17.0 Å². The molecule has 0 bridgehead atoms. The van der Waals surface area contributed by atoms with Crippen LogP contribution < -0.4 is 5.32 Å². The second-order valence-corrected chi connectivity index (χ2v) is 4.75. The van der Waals surface area contributed by atoms with Gasteiger partial charge >= 0.3 is 0 Å². The molecule has 2 rings (SSSR count). The molecule has 0 saturated carbocycles. The lowest BCUT2D eigenvalue weighted by atomic mass is 10.0. The van der Waals surface area contributed by atoms with Crippen molar-refractivity contribution in [2.24, 2.45) is 0 Å². The van der Waals surface area contributed by atoms with E-state index in [-0.39, 0.29) is 0 Å². The van der Waals surface area contributed by atoms with Crippen LogP contribution in [0.1, 0.15) is 30.9 Å². The van der Waals surface area contributed by atoms with Crippen molar-refractivity contribution in [3.8, 4) is 11.4 Å². The number of nitrogens with one attached hydrogen (secondary N) is 1. The zero-order valence-electron chi connectivity index (χ0n) is 11.4. The quantitative estimate of drug-likeness (QED) is 0.892. The molecule has 0 radical (unpaired) electrons. The molecule has 18 heavy (non-hydrogen) atoms. The number of aryl methyl sites for hydroxylation is 1. The lowest BCUT2D eigenvalue weighted by Crippen LogP contribution is -1.99. The topological polar surface area (TPSA) is 37.8 Å². The van der Waals surface area contributed by atoms with Gasteiger partial charge in [0.1, 0.15) is 5.82 Å². The summed E-state index contributed by atoms with van der Waals surface area (Å²) in [4.78, 5) is 8.89. The van der Waals surface area contributed by atoms with Gasteiger partial charge in [-0.1, -0.05) is 38.1 Å². The van der Waals surface area contributed by atoms with E-state index in [1.165, 1.54) is 5.56 Å². The third-order valence-corrected chi connectivity index (χ3v) is 3.04. The van der Waals surface area contributed by atoms with Gasteiger partial charge in [0, 0.05) is 24.4 Å². The van der Waals surface area contributed by atoms with Gasteiger partial charge in [-0.05, 0) is 18.4 Å². The maximum Gasteiger partial charge on any atom is 0.161 e. The van der Waals surface area contributed by atoms with Crippen LogP contribution in [0.15, 0.2) is 30.5 Å². The number of hydrogen-bond donors (Lipinski definition) is 1. The highest BCUT2D eigenvalue weighted by molar-refractivity contribution is 5.58. The van der Waals surface area contributed by atoms with Crippen LogP contribution in [0.25, 0.3) is 11.4 Å². The van der Waals surface area contributed by atoms with Gasteiger partial charge in [0.25, 0.3) is 0 Å². The molecule has 3 nitrogen and oxygen atoms in total. The fourth-order valence-electron chi connectivity index (χ4n) is 1.85. The smallest absolute Gasteiger partial charge is 0.161 e. The third kappa shape index (κ3) is 2.50. The predicted octanol–water partition coefficient (Wildman–Crippen LogP) is 3.62. The van der Waals surface area contributed by atoms with Gasteiger partial charge in [-0.3, -0.25) is 0 Å². The average Bonchev–Trinajstić information content (AvgIpc) is 2.39. The molecular formula is C15H19N3. The van der Waals surface area contributed by atoms with Gasteiger partial charge in [0.05, 0.1) is 0 Å². The zero-order valence-corrected chi connectivity index (χ0v) is 11.4. The van der Waals surface area contributed by atoms with Crippen molar-refractivity contribution in [2.45, 2.75) is 26.7 Å². The Hall–Kier alpha value is -1.90. The fraction of sp³-hybridized carbons (Fsp3) is 0.333. The van der Waals surface area contributed by atoms with Crippen molar-refractivity contribution in [1.82, 2.24) is 9.97 Å². The normalized spacial score (nSPS) is 10.7. The van der Waals surface area contributed by atoms with Crippen LogP contribution in [0.2, 0.25) is 0 Å². The van der Waals surface area contributed by atoms with Gasteiger partial charge in [0.15, 0.2) is 5.82 Å². The van der Waals surface area contributed by atoms with E-state index in [0.717, 1.165) is 22.8 Å². The zero-order chi connectivity index (χ0) is 13.1. The van der Waals surface area contributed by atoms with Crippen LogP contribution in [0.5, 0.6) is 0 Å². The van der Waals surface area contributed by atoms with E-state index in [4.69, 9.17) is 0 Å². The molecule has 3 heteroatoms. The third-order valence-electron chi connectivity index (χ3n) is 3.04. The Labute approximate surface area is 108 Å². The minimum atomic E-state index is 0.547. The summed E-state index contributed by atoms with van der Waals surface area (Å²) in [5, 5.41) is 3.08. The highest BCUT2D eigenvalue weighted by Crippen LogP contribution is 2.21. The van der Waals surface area contributed by atoms with E-state index in [2.05, 4.69) is 53.4 Å². The molecule has 94 valence electrons. The molecule has 0 amide bonds. The fourth-order valence-corrected chi connectivity index (χ4v) is 1.85. The van der Waals surface area contributed by atoms with Crippen LogP contribution in [0.4, 0.5) is 5.82 Å². The van der Waals surface area contributed by atoms with Crippen molar-refractivity contribution in [3.05, 3.63) is 41.6 Å². The SMILES string of the molecule is CNc1nc(-c2ccc(C(C)C)cc2)ncc1C. The number of benzene rings is 1. The van der Waals surface area contributed by atoms with Crippen molar-refractivity contribution < 1.29 is 0 Å². The van der Waals surface area contributed by atoms with Gasteiger partial charge in [-0.25, -0.2) is 9.97 Å². The standard InChI is InChI=1S/C15H19N3/c1-10(2)12-5-7-13(8-6-12)15-17-9-11(3)14(16-4)18-15/h5-10H,1-4H3,(H,16,17,18). The molecule has 0 aliphatic heterocycles. The monoisotopic (exact) mass is 241 g/mol. The number of nitrogens with zero attached hydrogens (tertiary/aromatic N) is 2. The number of anilines is 1. The Bertz CT molecular complexity index is 530. The summed E-state index contributed by atoms with van der Waals surface area (Å²) in [7, 11) is 1.88. The molecule has 1 aromatic heterocycles. The van der Waals surface area contributed by atoms with Crippen LogP contribution >= 0.6 is 0 Å². The molecule has 1 aromatic carbocycles. The molecule has 0 aliphatic carbocycles. The van der Waals surface area contributed by atoms with E-state index >= 15 is 0 Å². The van der Waals surface area contributed by atoms with Gasteiger partial charge in [0.2, 0.25) is 0 Å². The Morgan fingerprint density at radius 1 is 1.11 bits per heavy atom. The maximum absolute atomic E-state index is 4.51. The first kappa shape index (κ1) is 12.6. The summed E-state index contributed by atoms with van der Waals surface area (Å²) in [6.45, 7) is 6.38. The highest BCUT2D eigenvalue weighted by Gasteiger charge is 2.05. The molecule has 0 saturated heterocycles. The number of aromatic nitrogens is 2. The molecule has 2 aromatic rings. The van der Waals surface area contributed by atoms with Crippen LogP contribution in [0, 0.1) is 6.92 Å². The van der Waals surface area contributed by atoms with E-state index in [1.54, 1.807) is 0 Å². The summed E-state index contributed by atoms with van der Waals surface area (Å²) >= 11 is 0. The van der Waals surface area contributed by atoms with E-state index in [0.29, 0.717) is 5.92 Å². The number of rotatable bonds is 3. The minimum Gasteiger partial charge on any atom is -0.373 e. The summed E-state index contributed by atoms with van der Waals surface area (Å²) in [6.07, 6.45) is 1.85. The Morgan fingerprint density at radius 3 is 2.33 bits per heavy atom. The Kier molecular flexibility index (Phi) is 3.60. The summed E-state index contributed by atoms with van der Waals surface area (Å²) in [5.41, 5.74) is 3.44. The Morgan fingerprint density at radius 2 is 1.78 bits per heavy atom. The molecule has 0 aliphatic rings. The molecule has 0 fully saturated rings. The van der Waals surface area contributed by atoms with E-state index in [9.17, 15) is 0 Å². The molecule has 1 N–H and O–H groups in total. The molecule has 1 heterocycles. The van der Waals surface area contributed by atoms with Crippen LogP contribution in [-0.2, 0) is 0 Å². The second kappa shape index (κ2) is 5.17. The van der Waals surface area contributed by atoms with E-state index < -0.39 is 0 Å². The molecule has 0 atom stereocenters. The van der Waals surface area contributed by atoms with Crippen LogP contribution in [0.3, 0.4) is 0 Å². The van der Waals surface area contributed by atoms with Crippen molar-refractivity contribution in [3.63, 3.8) is 0 Å². The summed E-state index contributed by atoms with van der Waals surface area (Å²) < 4.78 is 0. The Balaban J connectivity index is 2.36. The first-order valence-electron chi connectivity index (χ1n) is 6.23. The van der Waals surface area contributed by atoms with Crippen molar-refractivity contribution in [2.75, 3.05) is 12.4 Å². The van der Waals surface area contributed by atoms with Crippen molar-refractivity contribution in [1.29, 1.82) is 0 Å². The minimum absolute atomic E-state index is 0.547. The highest BCUT2D eigenvalue weighted by atomic mass is 15.0. The second-order valence-electron chi connectivity index (χ2n) is 4.75. The lowest BCUT2D eigenvalue weighted by molar-refractivity contribution is 0.867. The van der Waals surface area contributed by atoms with E-state index in [1.807, 2.05) is 20.2 Å². The first-order chi connectivity index (χ1) is 8.61. The molecule has 0 unspecified atom stereocenters. The van der Waals surface area contributed by atoms with Gasteiger partial charge < -0.3 is 5.32 Å². The molecule has 0 spiro atoms. The number of hydrogen-bond acceptors (Lipinski definition) is 3. The summed E-state index contributed by atoms with van der Waals surface area (Å²) in [5.74, 6) is 2.19. The largest absolute Gasteiger partial charge is 0.373 e. The van der Waals surface area contributed by atoms with Gasteiger partial charge in [-0.2, -0.15) is 0 Å². The van der Waals surface area contributed by atoms with Crippen molar-refractivity contribution >= 4 is 5.82 Å². The molecular weight excluding hydrogens is 222 g/mol. The van der Waals surface area contributed by atoms with Gasteiger partial charge in [-0.15, -0.1) is 0 Å².